The van der Waals surface area contributed by atoms with Crippen molar-refractivity contribution in [2.75, 3.05) is 41.0 Å². The monoisotopic (exact) mass is 377 g/mol. The first-order valence-corrected chi connectivity index (χ1v) is 9.74. The molecule has 1 saturated heterocycles. The maximum absolute atomic E-state index is 5.45. The van der Waals surface area contributed by atoms with Crippen molar-refractivity contribution in [2.24, 2.45) is 0 Å². The molecule has 2 heterocycles. The molecule has 1 aromatic carbocycles. The predicted octanol–water partition coefficient (Wildman–Crippen LogP) is 2.89. The molecule has 0 bridgehead atoms. The quantitative estimate of drug-likeness (QED) is 0.774. The van der Waals surface area contributed by atoms with Crippen LogP contribution in [0.4, 0.5) is 0 Å². The maximum atomic E-state index is 5.45. The number of hydrogen-bond acceptors (Lipinski definition) is 7. The fourth-order valence-corrected chi connectivity index (χ4v) is 4.21. The maximum Gasteiger partial charge on any atom is 0.203 e. The van der Waals surface area contributed by atoms with Gasteiger partial charge in [0.25, 0.3) is 0 Å². The first-order chi connectivity index (χ1) is 12.7. The second-order valence-electron chi connectivity index (χ2n) is 6.48. The van der Waals surface area contributed by atoms with E-state index in [1.165, 1.54) is 0 Å². The standard InChI is InChI=1S/C19H27N3O3S/c1-12(7-14-10-20-5-6-21-14)15-11-26-19(22-15)13-8-16(23-2)18(25-4)17(9-13)24-3/h8-9,11-12,14,20-21H,5-7,10H2,1-4H3. The van der Waals surface area contributed by atoms with Crippen molar-refractivity contribution in [3.8, 4) is 27.8 Å². The molecule has 6 nitrogen and oxygen atoms in total. The lowest BCUT2D eigenvalue weighted by molar-refractivity contribution is 0.324. The molecule has 1 fully saturated rings. The van der Waals surface area contributed by atoms with Crippen molar-refractivity contribution in [1.82, 2.24) is 15.6 Å². The molecule has 1 aliphatic rings. The first kappa shape index (κ1) is 18.9. The highest BCUT2D eigenvalue weighted by atomic mass is 32.1. The van der Waals surface area contributed by atoms with Crippen molar-refractivity contribution >= 4 is 11.3 Å². The van der Waals surface area contributed by atoms with Gasteiger partial charge in [0.15, 0.2) is 11.5 Å². The number of ether oxygens (including phenoxy) is 3. The first-order valence-electron chi connectivity index (χ1n) is 8.86. The second-order valence-corrected chi connectivity index (χ2v) is 7.34. The Bertz CT molecular complexity index is 704. The van der Waals surface area contributed by atoms with E-state index in [1.54, 1.807) is 32.7 Å². The molecule has 0 saturated carbocycles. The van der Waals surface area contributed by atoms with Crippen molar-refractivity contribution in [2.45, 2.75) is 25.3 Å². The van der Waals surface area contributed by atoms with Gasteiger partial charge in [0.05, 0.1) is 27.0 Å². The number of aromatic nitrogens is 1. The van der Waals surface area contributed by atoms with Crippen LogP contribution in [0.25, 0.3) is 10.6 Å². The van der Waals surface area contributed by atoms with E-state index in [9.17, 15) is 0 Å². The van der Waals surface area contributed by atoms with Crippen LogP contribution >= 0.6 is 11.3 Å². The summed E-state index contributed by atoms with van der Waals surface area (Å²) in [7, 11) is 4.86. The summed E-state index contributed by atoms with van der Waals surface area (Å²) in [6.07, 6.45) is 1.07. The third-order valence-electron chi connectivity index (χ3n) is 4.70. The molecule has 142 valence electrons. The van der Waals surface area contributed by atoms with Crippen LogP contribution < -0.4 is 24.8 Å². The molecule has 0 aliphatic carbocycles. The van der Waals surface area contributed by atoms with Crippen LogP contribution in [0, 0.1) is 0 Å². The van der Waals surface area contributed by atoms with Crippen LogP contribution in [0.2, 0.25) is 0 Å². The van der Waals surface area contributed by atoms with Crippen LogP contribution in [0.15, 0.2) is 17.5 Å². The van der Waals surface area contributed by atoms with E-state index in [4.69, 9.17) is 19.2 Å². The molecule has 0 radical (unpaired) electrons. The largest absolute Gasteiger partial charge is 0.493 e. The second kappa shape index (κ2) is 8.70. The number of methoxy groups -OCH3 is 3. The van der Waals surface area contributed by atoms with Crippen molar-refractivity contribution in [3.63, 3.8) is 0 Å². The zero-order valence-electron chi connectivity index (χ0n) is 15.8. The zero-order valence-corrected chi connectivity index (χ0v) is 16.6. The predicted molar refractivity (Wildman–Crippen MR) is 105 cm³/mol. The van der Waals surface area contributed by atoms with Crippen LogP contribution in [-0.4, -0.2) is 52.0 Å². The Balaban J connectivity index is 1.80. The summed E-state index contributed by atoms with van der Waals surface area (Å²) in [5.74, 6) is 2.28. The number of piperazine rings is 1. The van der Waals surface area contributed by atoms with Crippen LogP contribution in [0.3, 0.4) is 0 Å². The van der Waals surface area contributed by atoms with Gasteiger partial charge in [-0.1, -0.05) is 6.92 Å². The normalized spacial score (nSPS) is 18.4. The number of benzene rings is 1. The minimum Gasteiger partial charge on any atom is -0.493 e. The molecule has 2 N–H and O–H groups in total. The Labute approximate surface area is 158 Å². The lowest BCUT2D eigenvalue weighted by Crippen LogP contribution is -2.48. The third kappa shape index (κ3) is 4.11. The van der Waals surface area contributed by atoms with Gasteiger partial charge in [0.1, 0.15) is 5.01 Å². The van der Waals surface area contributed by atoms with Crippen LogP contribution in [0.5, 0.6) is 17.2 Å². The highest BCUT2D eigenvalue weighted by molar-refractivity contribution is 7.13. The number of thiazole rings is 1. The van der Waals surface area contributed by atoms with Gasteiger partial charge in [-0.15, -0.1) is 11.3 Å². The van der Waals surface area contributed by atoms with E-state index in [0.717, 1.165) is 42.3 Å². The smallest absolute Gasteiger partial charge is 0.203 e. The van der Waals surface area contributed by atoms with Crippen LogP contribution in [-0.2, 0) is 0 Å². The number of nitrogens with zero attached hydrogens (tertiary/aromatic N) is 1. The van der Waals surface area contributed by atoms with E-state index in [0.29, 0.717) is 29.2 Å². The van der Waals surface area contributed by atoms with Gasteiger partial charge < -0.3 is 24.8 Å². The van der Waals surface area contributed by atoms with E-state index >= 15 is 0 Å². The lowest BCUT2D eigenvalue weighted by atomic mass is 9.98. The molecule has 2 unspecified atom stereocenters. The Morgan fingerprint density at radius 1 is 1.15 bits per heavy atom. The Morgan fingerprint density at radius 3 is 2.46 bits per heavy atom. The van der Waals surface area contributed by atoms with Crippen molar-refractivity contribution in [3.05, 3.63) is 23.2 Å². The molecule has 3 rings (SSSR count). The highest BCUT2D eigenvalue weighted by Crippen LogP contribution is 2.42. The van der Waals surface area contributed by atoms with E-state index in [1.807, 2.05) is 12.1 Å². The minimum atomic E-state index is 0.402. The zero-order chi connectivity index (χ0) is 18.5. The highest BCUT2D eigenvalue weighted by Gasteiger charge is 2.20. The Morgan fingerprint density at radius 2 is 1.88 bits per heavy atom. The summed E-state index contributed by atoms with van der Waals surface area (Å²) in [6, 6.07) is 4.40. The summed E-state index contributed by atoms with van der Waals surface area (Å²) in [5, 5.41) is 10.1. The van der Waals surface area contributed by atoms with E-state index in [2.05, 4.69) is 22.9 Å². The average molecular weight is 378 g/mol. The molecule has 2 aromatic rings. The van der Waals surface area contributed by atoms with Gasteiger partial charge in [0.2, 0.25) is 5.75 Å². The lowest BCUT2D eigenvalue weighted by Gasteiger charge is -2.26. The van der Waals surface area contributed by atoms with Gasteiger partial charge >= 0.3 is 0 Å². The summed E-state index contributed by atoms with van der Waals surface area (Å²) < 4.78 is 16.3. The SMILES string of the molecule is COc1cc(-c2nc(C(C)CC3CNCCN3)cs2)cc(OC)c1OC. The van der Waals surface area contributed by atoms with Gasteiger partial charge in [0, 0.05) is 42.5 Å². The summed E-state index contributed by atoms with van der Waals surface area (Å²) in [6.45, 7) is 5.34. The molecule has 7 heteroatoms. The summed E-state index contributed by atoms with van der Waals surface area (Å²) in [5.41, 5.74) is 2.10. The van der Waals surface area contributed by atoms with Gasteiger partial charge in [-0.05, 0) is 18.6 Å². The molecule has 0 spiro atoms. The fourth-order valence-electron chi connectivity index (χ4n) is 3.28. The molecular weight excluding hydrogens is 350 g/mol. The average Bonchev–Trinajstić information content (AvgIpc) is 3.18. The van der Waals surface area contributed by atoms with E-state index in [-0.39, 0.29) is 0 Å². The van der Waals surface area contributed by atoms with Crippen LogP contribution in [0.1, 0.15) is 25.0 Å². The minimum absolute atomic E-state index is 0.402. The molecular formula is C19H27N3O3S. The third-order valence-corrected chi connectivity index (χ3v) is 5.61. The number of rotatable bonds is 7. The van der Waals surface area contributed by atoms with Gasteiger partial charge in [-0.25, -0.2) is 4.98 Å². The Hall–Kier alpha value is -1.83. The van der Waals surface area contributed by atoms with E-state index < -0.39 is 0 Å². The summed E-state index contributed by atoms with van der Waals surface area (Å²) >= 11 is 1.65. The molecule has 26 heavy (non-hydrogen) atoms. The number of nitrogens with one attached hydrogen (secondary N) is 2. The van der Waals surface area contributed by atoms with Gasteiger partial charge in [-0.2, -0.15) is 0 Å². The molecule has 0 amide bonds. The summed E-state index contributed by atoms with van der Waals surface area (Å²) in [4.78, 5) is 4.87. The van der Waals surface area contributed by atoms with Crippen molar-refractivity contribution < 1.29 is 14.2 Å². The molecule has 1 aromatic heterocycles. The number of hydrogen-bond donors (Lipinski definition) is 2. The van der Waals surface area contributed by atoms with Gasteiger partial charge in [-0.3, -0.25) is 0 Å². The molecule has 2 atom stereocenters. The Kier molecular flexibility index (Phi) is 6.34. The fraction of sp³-hybridized carbons (Fsp3) is 0.526. The topological polar surface area (TPSA) is 64.6 Å². The molecule has 1 aliphatic heterocycles. The van der Waals surface area contributed by atoms with Crippen molar-refractivity contribution in [1.29, 1.82) is 0 Å².